The maximum absolute atomic E-state index is 12.6. The van der Waals surface area contributed by atoms with E-state index in [1.54, 1.807) is 6.08 Å². The summed E-state index contributed by atoms with van der Waals surface area (Å²) >= 11 is 1.37. The summed E-state index contributed by atoms with van der Waals surface area (Å²) in [5, 5.41) is 15.8. The molecule has 1 amide bonds. The first-order valence-corrected chi connectivity index (χ1v) is 10.0. The summed E-state index contributed by atoms with van der Waals surface area (Å²) in [6, 6.07) is 10.1. The molecule has 0 unspecified atom stereocenters. The molecule has 142 valence electrons. The van der Waals surface area contributed by atoms with Crippen molar-refractivity contribution in [1.82, 2.24) is 9.58 Å². The van der Waals surface area contributed by atoms with Gasteiger partial charge in [-0.25, -0.2) is 0 Å². The first kappa shape index (κ1) is 18.4. The smallest absolute Gasteiger partial charge is 0.283 e. The Kier molecular flexibility index (Phi) is 4.77. The second kappa shape index (κ2) is 7.24. The number of carbonyl (C=O) groups excluding carboxylic acids is 1. The van der Waals surface area contributed by atoms with E-state index in [0.717, 1.165) is 34.8 Å². The van der Waals surface area contributed by atoms with Gasteiger partial charge in [0, 0.05) is 17.6 Å². The molecule has 7 heteroatoms. The summed E-state index contributed by atoms with van der Waals surface area (Å²) < 4.78 is 2.02. The summed E-state index contributed by atoms with van der Waals surface area (Å²) in [4.78, 5) is 16.8. The summed E-state index contributed by atoms with van der Waals surface area (Å²) in [6.07, 6.45) is 5.46. The molecule has 6 nitrogen and oxygen atoms in total. The van der Waals surface area contributed by atoms with Crippen LogP contribution in [0, 0.1) is 19.3 Å². The van der Waals surface area contributed by atoms with E-state index in [0.29, 0.717) is 5.17 Å². The molecule has 2 aliphatic rings. The van der Waals surface area contributed by atoms with Crippen molar-refractivity contribution < 1.29 is 4.79 Å². The van der Waals surface area contributed by atoms with Crippen LogP contribution in [0.1, 0.15) is 36.6 Å². The van der Waals surface area contributed by atoms with Crippen molar-refractivity contribution in [2.45, 2.75) is 33.6 Å². The number of amides is 1. The highest BCUT2D eigenvalue weighted by molar-refractivity contribution is 8.26. The molecule has 4 rings (SSSR count). The van der Waals surface area contributed by atoms with Gasteiger partial charge in [-0.3, -0.25) is 10.2 Å². The van der Waals surface area contributed by atoms with E-state index < -0.39 is 5.91 Å². The lowest BCUT2D eigenvalue weighted by Crippen LogP contribution is -2.35. The molecular weight excluding hydrogens is 370 g/mol. The molecule has 0 fully saturated rings. The normalized spacial score (nSPS) is 17.8. The summed E-state index contributed by atoms with van der Waals surface area (Å²) in [7, 11) is 0. The molecule has 2 aromatic rings. The minimum atomic E-state index is -0.398. The van der Waals surface area contributed by atoms with E-state index in [1.807, 2.05) is 22.9 Å². The van der Waals surface area contributed by atoms with Gasteiger partial charge in [-0.2, -0.15) is 15.1 Å². The number of rotatable bonds is 4. The van der Waals surface area contributed by atoms with Gasteiger partial charge in [-0.05, 0) is 68.3 Å². The Balaban J connectivity index is 1.72. The standard InChI is InChI=1S/C21H21N5OS/c1-4-6-18-24-26-19(22)16(20(27)23-21(26)28-18)12-15-7-5-10-25(15)17-9-8-13(2)11-14(17)3/h5,7-12,22H,4,6H2,1-3H3/b16-12+,22-19?. The largest absolute Gasteiger partial charge is 0.317 e. The summed E-state index contributed by atoms with van der Waals surface area (Å²) in [6.45, 7) is 6.20. The molecule has 0 spiro atoms. The van der Waals surface area contributed by atoms with Crippen molar-refractivity contribution in [3.63, 3.8) is 0 Å². The van der Waals surface area contributed by atoms with Gasteiger partial charge in [0.1, 0.15) is 5.04 Å². The molecule has 3 heterocycles. The Bertz CT molecular complexity index is 1080. The van der Waals surface area contributed by atoms with Crippen molar-refractivity contribution >= 4 is 39.8 Å². The number of nitrogens with zero attached hydrogens (tertiary/aromatic N) is 4. The van der Waals surface area contributed by atoms with Crippen molar-refractivity contribution in [3.05, 3.63) is 58.9 Å². The Hall–Kier alpha value is -2.93. The maximum atomic E-state index is 12.6. The number of hydrogen-bond donors (Lipinski definition) is 1. The van der Waals surface area contributed by atoms with Crippen molar-refractivity contribution in [2.24, 2.45) is 10.1 Å². The Morgan fingerprint density at radius 1 is 1.25 bits per heavy atom. The summed E-state index contributed by atoms with van der Waals surface area (Å²) in [5.74, 6) is -0.327. The summed E-state index contributed by atoms with van der Waals surface area (Å²) in [5.41, 5.74) is 4.46. The molecule has 0 aliphatic carbocycles. The lowest BCUT2D eigenvalue weighted by Gasteiger charge is -2.20. The predicted octanol–water partition coefficient (Wildman–Crippen LogP) is 4.51. The zero-order valence-electron chi connectivity index (χ0n) is 16.1. The van der Waals surface area contributed by atoms with Crippen molar-refractivity contribution in [2.75, 3.05) is 0 Å². The number of amidine groups is 2. The lowest BCUT2D eigenvalue weighted by molar-refractivity contribution is -0.114. The van der Waals surface area contributed by atoms with Gasteiger partial charge in [-0.1, -0.05) is 24.6 Å². The number of fused-ring (bicyclic) bond motifs is 1. The Labute approximate surface area is 168 Å². The molecule has 1 aromatic heterocycles. The number of hydrazone groups is 1. The number of carbonyl (C=O) groups is 1. The van der Waals surface area contributed by atoms with Crippen LogP contribution in [0.15, 0.2) is 52.2 Å². The lowest BCUT2D eigenvalue weighted by atomic mass is 10.1. The number of nitrogens with one attached hydrogen (secondary N) is 1. The highest BCUT2D eigenvalue weighted by atomic mass is 32.2. The van der Waals surface area contributed by atoms with E-state index in [-0.39, 0.29) is 11.4 Å². The SMILES string of the molecule is CCCC1=NN2C(=N)/C(=C\c3cccn3-c3ccc(C)cc3C)C(=O)N=C2S1. The molecule has 2 aliphatic heterocycles. The average Bonchev–Trinajstić information content (AvgIpc) is 3.26. The van der Waals surface area contributed by atoms with Crippen LogP contribution < -0.4 is 0 Å². The highest BCUT2D eigenvalue weighted by Gasteiger charge is 2.35. The third kappa shape index (κ3) is 3.22. The number of hydrogen-bond acceptors (Lipinski definition) is 4. The molecule has 0 saturated heterocycles. The monoisotopic (exact) mass is 391 g/mol. The number of aryl methyl sites for hydroxylation is 2. The van der Waals surface area contributed by atoms with Crippen LogP contribution in [-0.2, 0) is 4.79 Å². The molecule has 0 radical (unpaired) electrons. The van der Waals surface area contributed by atoms with Crippen LogP contribution in [0.25, 0.3) is 11.8 Å². The van der Waals surface area contributed by atoms with Gasteiger partial charge < -0.3 is 4.57 Å². The molecule has 1 aromatic carbocycles. The minimum Gasteiger partial charge on any atom is -0.317 e. The van der Waals surface area contributed by atoms with Gasteiger partial charge in [0.25, 0.3) is 5.91 Å². The van der Waals surface area contributed by atoms with E-state index in [9.17, 15) is 4.79 Å². The fourth-order valence-electron chi connectivity index (χ4n) is 3.30. The van der Waals surface area contributed by atoms with Crippen molar-refractivity contribution in [1.29, 1.82) is 5.41 Å². The Morgan fingerprint density at radius 2 is 2.07 bits per heavy atom. The van der Waals surface area contributed by atoms with Crippen LogP contribution in [0.3, 0.4) is 0 Å². The Morgan fingerprint density at radius 3 is 2.82 bits per heavy atom. The van der Waals surface area contributed by atoms with Crippen molar-refractivity contribution in [3.8, 4) is 5.69 Å². The average molecular weight is 392 g/mol. The van der Waals surface area contributed by atoms with Crippen LogP contribution in [0.2, 0.25) is 0 Å². The number of aliphatic imine (C=N–C) groups is 1. The third-order valence-corrected chi connectivity index (χ3v) is 5.61. The number of aromatic nitrogens is 1. The van der Waals surface area contributed by atoms with Gasteiger partial charge in [0.15, 0.2) is 5.84 Å². The van der Waals surface area contributed by atoms with Crippen LogP contribution in [0.5, 0.6) is 0 Å². The molecular formula is C21H21N5OS. The molecule has 0 atom stereocenters. The zero-order chi connectivity index (χ0) is 19.8. The number of thioether (sulfide) groups is 1. The van der Waals surface area contributed by atoms with Crippen LogP contribution in [0.4, 0.5) is 0 Å². The fraction of sp³-hybridized carbons (Fsp3) is 0.238. The van der Waals surface area contributed by atoms with Gasteiger partial charge in [-0.15, -0.1) is 0 Å². The molecule has 1 N–H and O–H groups in total. The van der Waals surface area contributed by atoms with Crippen LogP contribution in [-0.4, -0.2) is 31.5 Å². The number of benzene rings is 1. The second-order valence-corrected chi connectivity index (χ2v) is 7.90. The van der Waals surface area contributed by atoms with E-state index in [2.05, 4.69) is 49.1 Å². The zero-order valence-corrected chi connectivity index (χ0v) is 16.9. The maximum Gasteiger partial charge on any atom is 0.283 e. The highest BCUT2D eigenvalue weighted by Crippen LogP contribution is 2.30. The van der Waals surface area contributed by atoms with E-state index in [1.165, 1.54) is 22.3 Å². The quantitative estimate of drug-likeness (QED) is 0.779. The molecule has 0 bridgehead atoms. The minimum absolute atomic E-state index is 0.0713. The van der Waals surface area contributed by atoms with Gasteiger partial charge in [0.2, 0.25) is 5.17 Å². The second-order valence-electron chi connectivity index (χ2n) is 6.86. The van der Waals surface area contributed by atoms with Gasteiger partial charge >= 0.3 is 0 Å². The first-order valence-electron chi connectivity index (χ1n) is 9.22. The molecule has 0 saturated carbocycles. The van der Waals surface area contributed by atoms with Crippen LogP contribution >= 0.6 is 11.8 Å². The van der Waals surface area contributed by atoms with Gasteiger partial charge in [0.05, 0.1) is 5.57 Å². The topological polar surface area (TPSA) is 73.8 Å². The van der Waals surface area contributed by atoms with E-state index in [4.69, 9.17) is 5.41 Å². The van der Waals surface area contributed by atoms with E-state index >= 15 is 0 Å². The third-order valence-electron chi connectivity index (χ3n) is 4.64. The fourth-order valence-corrected chi connectivity index (χ4v) is 4.29. The predicted molar refractivity (Wildman–Crippen MR) is 115 cm³/mol. The molecule has 28 heavy (non-hydrogen) atoms. The first-order chi connectivity index (χ1) is 13.5.